The van der Waals surface area contributed by atoms with E-state index in [0.717, 1.165) is 19.2 Å². The fourth-order valence-electron chi connectivity index (χ4n) is 3.95. The number of aryl methyl sites for hydroxylation is 1. The average Bonchev–Trinajstić information content (AvgIpc) is 3.12. The number of halogens is 2. The van der Waals surface area contributed by atoms with Crippen molar-refractivity contribution in [3.05, 3.63) is 92.1 Å². The smallest absolute Gasteiger partial charge is 0.338 e. The lowest BCUT2D eigenvalue weighted by Gasteiger charge is -2.24. The molecule has 0 fully saturated rings. The van der Waals surface area contributed by atoms with Gasteiger partial charge in [-0.2, -0.15) is 0 Å². The second kappa shape index (κ2) is 11.2. The van der Waals surface area contributed by atoms with Gasteiger partial charge in [0, 0.05) is 10.0 Å². The normalized spacial score (nSPS) is 15.2. The molecule has 0 saturated heterocycles. The van der Waals surface area contributed by atoms with E-state index >= 15 is 0 Å². The molecule has 0 N–H and O–H groups in total. The zero-order chi connectivity index (χ0) is 26.0. The molecule has 1 aromatic heterocycles. The lowest BCUT2D eigenvalue weighted by atomic mass is 9.95. The summed E-state index contributed by atoms with van der Waals surface area (Å²) in [7, 11) is 0. The third-order valence-corrected chi connectivity index (χ3v) is 7.78. The van der Waals surface area contributed by atoms with Crippen molar-refractivity contribution in [2.24, 2.45) is 4.99 Å². The van der Waals surface area contributed by atoms with Crippen LogP contribution < -0.4 is 19.6 Å². The van der Waals surface area contributed by atoms with E-state index < -0.39 is 12.0 Å². The van der Waals surface area contributed by atoms with Crippen LogP contribution >= 0.6 is 49.9 Å². The molecule has 1 aliphatic heterocycles. The van der Waals surface area contributed by atoms with Crippen LogP contribution in [-0.2, 0) is 9.53 Å². The number of allylic oxidation sites excluding steroid dienone is 1. The van der Waals surface area contributed by atoms with Crippen molar-refractivity contribution in [2.45, 2.75) is 26.8 Å². The number of aromatic nitrogens is 1. The maximum Gasteiger partial charge on any atom is 0.338 e. The molecule has 1 aliphatic rings. The Morgan fingerprint density at radius 3 is 2.69 bits per heavy atom. The summed E-state index contributed by atoms with van der Waals surface area (Å²) in [5.41, 5.74) is 3.23. The van der Waals surface area contributed by atoms with E-state index in [4.69, 9.17) is 15.9 Å². The summed E-state index contributed by atoms with van der Waals surface area (Å²) in [6, 6.07) is 10.9. The quantitative estimate of drug-likeness (QED) is 0.219. The van der Waals surface area contributed by atoms with Gasteiger partial charge in [-0.05, 0) is 67.1 Å². The van der Waals surface area contributed by atoms with Gasteiger partial charge in [0.15, 0.2) is 4.80 Å². The molecule has 0 bridgehead atoms. The number of thiazole rings is 1. The summed E-state index contributed by atoms with van der Waals surface area (Å²) in [5.74, 6) is 2.60. The summed E-state index contributed by atoms with van der Waals surface area (Å²) in [5, 5.41) is 0. The van der Waals surface area contributed by atoms with Gasteiger partial charge in [0.25, 0.3) is 5.56 Å². The first-order valence-electron chi connectivity index (χ1n) is 11.1. The molecular weight excluding hydrogens is 655 g/mol. The number of benzene rings is 2. The van der Waals surface area contributed by atoms with Gasteiger partial charge >= 0.3 is 5.97 Å². The monoisotopic (exact) mass is 676 g/mol. The number of fused-ring (bicyclic) bond motifs is 1. The van der Waals surface area contributed by atoms with Crippen LogP contribution in [0.3, 0.4) is 0 Å². The second-order valence-electron chi connectivity index (χ2n) is 8.01. The van der Waals surface area contributed by atoms with Gasteiger partial charge in [-0.1, -0.05) is 63.0 Å². The first kappa shape index (κ1) is 26.4. The molecule has 0 aliphatic carbocycles. The van der Waals surface area contributed by atoms with Crippen molar-refractivity contribution in [2.75, 3.05) is 13.2 Å². The molecule has 36 heavy (non-hydrogen) atoms. The SMILES string of the molecule is C#CCOc1c(I)cc(Br)cc1/C=c1\sc2n(c1=O)[C@H](c1ccc(C)cc1)C(C(=O)OCC)=C(C)N=2. The number of carbonyl (C=O) groups is 1. The molecule has 184 valence electrons. The molecule has 0 radical (unpaired) electrons. The standard InChI is InChI=1S/C27H22BrIN2O4S/c1-5-11-35-24-18(12-19(28)14-20(24)29)13-21-25(32)31-23(17-9-7-15(3)8-10-17)22(26(33)34-6-2)16(4)30-27(31)36-21/h1,7-10,12-14,23H,6,11H2,2-4H3/b21-13-/t23-/m1/s1. The molecule has 0 unspecified atom stereocenters. The molecule has 9 heteroatoms. The van der Waals surface area contributed by atoms with Crippen LogP contribution in [0.15, 0.2) is 61.9 Å². The Bertz CT molecular complexity index is 1600. The molecule has 0 spiro atoms. The number of terminal acetylenes is 1. The van der Waals surface area contributed by atoms with Gasteiger partial charge < -0.3 is 9.47 Å². The zero-order valence-electron chi connectivity index (χ0n) is 19.8. The third kappa shape index (κ3) is 5.21. The maximum atomic E-state index is 13.8. The molecule has 0 saturated carbocycles. The zero-order valence-corrected chi connectivity index (χ0v) is 24.4. The summed E-state index contributed by atoms with van der Waals surface area (Å²) >= 11 is 6.95. The van der Waals surface area contributed by atoms with Gasteiger partial charge in [0.1, 0.15) is 12.4 Å². The minimum Gasteiger partial charge on any atom is -0.479 e. The van der Waals surface area contributed by atoms with Crippen LogP contribution in [0, 0.1) is 22.8 Å². The predicted molar refractivity (Wildman–Crippen MR) is 153 cm³/mol. The van der Waals surface area contributed by atoms with Crippen molar-refractivity contribution < 1.29 is 14.3 Å². The fourth-order valence-corrected chi connectivity index (χ4v) is 6.69. The van der Waals surface area contributed by atoms with E-state index in [2.05, 4.69) is 49.4 Å². The van der Waals surface area contributed by atoms with E-state index in [-0.39, 0.29) is 18.8 Å². The van der Waals surface area contributed by atoms with Gasteiger partial charge in [-0.25, -0.2) is 9.79 Å². The lowest BCUT2D eigenvalue weighted by molar-refractivity contribution is -0.139. The highest BCUT2D eigenvalue weighted by Crippen LogP contribution is 2.32. The minimum absolute atomic E-state index is 0.106. The summed E-state index contributed by atoms with van der Waals surface area (Å²) in [6.45, 7) is 5.84. The molecule has 2 aromatic carbocycles. The molecular formula is C27H22BrIN2O4S. The highest BCUT2D eigenvalue weighted by Gasteiger charge is 2.33. The summed E-state index contributed by atoms with van der Waals surface area (Å²) in [6.07, 6.45) is 7.17. The number of esters is 1. The van der Waals surface area contributed by atoms with Crippen LogP contribution in [0.1, 0.15) is 36.6 Å². The minimum atomic E-state index is -0.650. The van der Waals surface area contributed by atoms with Crippen molar-refractivity contribution >= 4 is 61.9 Å². The molecule has 0 amide bonds. The largest absolute Gasteiger partial charge is 0.479 e. The van der Waals surface area contributed by atoms with Crippen LogP contribution in [0.5, 0.6) is 5.75 Å². The topological polar surface area (TPSA) is 69.9 Å². The van der Waals surface area contributed by atoms with Crippen molar-refractivity contribution in [1.82, 2.24) is 4.57 Å². The Morgan fingerprint density at radius 2 is 2.03 bits per heavy atom. The Balaban J connectivity index is 1.96. The van der Waals surface area contributed by atoms with E-state index in [1.807, 2.05) is 43.3 Å². The maximum absolute atomic E-state index is 13.8. The van der Waals surface area contributed by atoms with E-state index in [9.17, 15) is 9.59 Å². The van der Waals surface area contributed by atoms with Crippen LogP contribution in [0.25, 0.3) is 6.08 Å². The number of carbonyl (C=O) groups excluding carboxylic acids is 1. The first-order chi connectivity index (χ1) is 17.2. The van der Waals surface area contributed by atoms with Crippen LogP contribution in [0.4, 0.5) is 0 Å². The van der Waals surface area contributed by atoms with Crippen LogP contribution in [-0.4, -0.2) is 23.8 Å². The van der Waals surface area contributed by atoms with Crippen molar-refractivity contribution in [3.63, 3.8) is 0 Å². The lowest BCUT2D eigenvalue weighted by Crippen LogP contribution is -2.39. The van der Waals surface area contributed by atoms with Crippen molar-refractivity contribution in [3.8, 4) is 18.1 Å². The van der Waals surface area contributed by atoms with E-state index in [1.54, 1.807) is 24.5 Å². The Morgan fingerprint density at radius 1 is 1.31 bits per heavy atom. The number of hydrogen-bond donors (Lipinski definition) is 0. The van der Waals surface area contributed by atoms with Crippen molar-refractivity contribution in [1.29, 1.82) is 0 Å². The Kier molecular flexibility index (Phi) is 8.17. The van der Waals surface area contributed by atoms with E-state index in [1.165, 1.54) is 11.3 Å². The third-order valence-electron chi connectivity index (χ3n) is 5.53. The highest BCUT2D eigenvalue weighted by molar-refractivity contribution is 14.1. The number of hydrogen-bond acceptors (Lipinski definition) is 6. The number of nitrogens with zero attached hydrogens (tertiary/aromatic N) is 2. The Labute approximate surface area is 234 Å². The van der Waals surface area contributed by atoms with Gasteiger partial charge in [0.2, 0.25) is 0 Å². The molecule has 6 nitrogen and oxygen atoms in total. The number of ether oxygens (including phenoxy) is 2. The molecule has 2 heterocycles. The Hall–Kier alpha value is -2.68. The van der Waals surface area contributed by atoms with Crippen LogP contribution in [0.2, 0.25) is 0 Å². The fraction of sp³-hybridized carbons (Fsp3) is 0.222. The number of rotatable bonds is 6. The first-order valence-corrected chi connectivity index (χ1v) is 13.8. The second-order valence-corrected chi connectivity index (χ2v) is 11.1. The molecule has 1 atom stereocenters. The summed E-state index contributed by atoms with van der Waals surface area (Å²) < 4.78 is 14.9. The van der Waals surface area contributed by atoms with Gasteiger partial charge in [0.05, 0.1) is 32.0 Å². The molecule has 4 rings (SSSR count). The van der Waals surface area contributed by atoms with Gasteiger partial charge in [-0.15, -0.1) is 6.42 Å². The average molecular weight is 677 g/mol. The highest BCUT2D eigenvalue weighted by atomic mass is 127. The summed E-state index contributed by atoms with van der Waals surface area (Å²) in [4.78, 5) is 32.0. The van der Waals surface area contributed by atoms with E-state index in [0.29, 0.717) is 31.9 Å². The predicted octanol–water partition coefficient (Wildman–Crippen LogP) is 4.49. The molecule has 3 aromatic rings. The van der Waals surface area contributed by atoms with Gasteiger partial charge in [-0.3, -0.25) is 9.36 Å².